The molecule has 0 aliphatic heterocycles. The third-order valence-electron chi connectivity index (χ3n) is 4.89. The van der Waals surface area contributed by atoms with E-state index in [4.69, 9.17) is 14.5 Å². The molecule has 1 aliphatic rings. The highest BCUT2D eigenvalue weighted by Gasteiger charge is 2.15. The molecule has 1 aromatic carbocycles. The maximum absolute atomic E-state index is 12.4. The largest absolute Gasteiger partial charge is 0.493 e. The van der Waals surface area contributed by atoms with Crippen LogP contribution < -0.4 is 14.8 Å². The molecule has 0 saturated heterocycles. The molecule has 0 spiro atoms. The first kappa shape index (κ1) is 21.0. The molecule has 6 nitrogen and oxygen atoms in total. The number of amides is 1. The standard InChI is InChI=1S/C22H25N3O3S/c1-27-19-10-9-17(12-20(19)28-2)24-21(26)14-29-22-16(13-23)11-15-7-5-3-4-6-8-18(15)25-22/h9-12H,3-8,14H2,1-2H3,(H,24,26). The monoisotopic (exact) mass is 411 g/mol. The number of nitriles is 1. The van der Waals surface area contributed by atoms with Gasteiger partial charge in [0.1, 0.15) is 11.1 Å². The van der Waals surface area contributed by atoms with Crippen molar-refractivity contribution >= 4 is 23.4 Å². The molecule has 1 aliphatic carbocycles. The number of aryl methyl sites for hydroxylation is 2. The molecule has 3 rings (SSSR count). The number of aromatic nitrogens is 1. The molecule has 0 radical (unpaired) electrons. The summed E-state index contributed by atoms with van der Waals surface area (Å²) in [6.07, 6.45) is 6.62. The van der Waals surface area contributed by atoms with Gasteiger partial charge in [0.05, 0.1) is 25.5 Å². The van der Waals surface area contributed by atoms with E-state index < -0.39 is 0 Å². The van der Waals surface area contributed by atoms with Crippen molar-refractivity contribution in [2.75, 3.05) is 25.3 Å². The second-order valence-corrected chi connectivity index (χ2v) is 7.84. The second kappa shape index (κ2) is 10.2. The number of thioether (sulfide) groups is 1. The summed E-state index contributed by atoms with van der Waals surface area (Å²) in [4.78, 5) is 17.2. The van der Waals surface area contributed by atoms with Crippen molar-refractivity contribution in [2.45, 2.75) is 43.6 Å². The van der Waals surface area contributed by atoms with Gasteiger partial charge >= 0.3 is 0 Å². The summed E-state index contributed by atoms with van der Waals surface area (Å²) >= 11 is 1.30. The number of benzene rings is 1. The Bertz CT molecular complexity index is 924. The second-order valence-electron chi connectivity index (χ2n) is 6.88. The van der Waals surface area contributed by atoms with Crippen molar-refractivity contribution in [3.8, 4) is 17.6 Å². The van der Waals surface area contributed by atoms with E-state index in [0.29, 0.717) is 27.8 Å². The molecule has 0 bridgehead atoms. The number of pyridine rings is 1. The van der Waals surface area contributed by atoms with Crippen LogP contribution in [0, 0.1) is 11.3 Å². The van der Waals surface area contributed by atoms with Crippen LogP contribution in [0.15, 0.2) is 29.3 Å². The van der Waals surface area contributed by atoms with Gasteiger partial charge in [-0.1, -0.05) is 24.6 Å². The lowest BCUT2D eigenvalue weighted by atomic mass is 9.96. The molecule has 1 aromatic heterocycles. The summed E-state index contributed by atoms with van der Waals surface area (Å²) in [7, 11) is 3.11. The van der Waals surface area contributed by atoms with Gasteiger partial charge in [-0.15, -0.1) is 0 Å². The maximum Gasteiger partial charge on any atom is 0.234 e. The van der Waals surface area contributed by atoms with Crippen LogP contribution >= 0.6 is 11.8 Å². The summed E-state index contributed by atoms with van der Waals surface area (Å²) in [5, 5.41) is 13.0. The molecule has 7 heteroatoms. The molecule has 0 unspecified atom stereocenters. The quantitative estimate of drug-likeness (QED) is 0.711. The van der Waals surface area contributed by atoms with Crippen LogP contribution in [-0.2, 0) is 17.6 Å². The molecule has 152 valence electrons. The minimum atomic E-state index is -0.167. The van der Waals surface area contributed by atoms with Gasteiger partial charge in [-0.2, -0.15) is 5.26 Å². The van der Waals surface area contributed by atoms with Crippen LogP contribution in [0.5, 0.6) is 11.5 Å². The Morgan fingerprint density at radius 2 is 1.90 bits per heavy atom. The van der Waals surface area contributed by atoms with Gasteiger partial charge in [0, 0.05) is 17.4 Å². The highest BCUT2D eigenvalue weighted by Crippen LogP contribution is 2.30. The molecular formula is C22H25N3O3S. The van der Waals surface area contributed by atoms with E-state index in [-0.39, 0.29) is 11.7 Å². The Labute approximate surface area is 175 Å². The predicted molar refractivity (Wildman–Crippen MR) is 114 cm³/mol. The minimum absolute atomic E-state index is 0.167. The van der Waals surface area contributed by atoms with Crippen molar-refractivity contribution in [3.63, 3.8) is 0 Å². The maximum atomic E-state index is 12.4. The first-order valence-corrected chi connectivity index (χ1v) is 10.7. The number of carbonyl (C=O) groups excluding carboxylic acids is 1. The lowest BCUT2D eigenvalue weighted by molar-refractivity contribution is -0.113. The first-order chi connectivity index (χ1) is 14.1. The van der Waals surface area contributed by atoms with Crippen molar-refractivity contribution in [1.82, 2.24) is 4.98 Å². The van der Waals surface area contributed by atoms with E-state index >= 15 is 0 Å². The number of nitrogens with one attached hydrogen (secondary N) is 1. The SMILES string of the molecule is COc1ccc(NC(=O)CSc2nc3c(cc2C#N)CCCCCC3)cc1OC. The van der Waals surface area contributed by atoms with Crippen molar-refractivity contribution in [1.29, 1.82) is 5.26 Å². The smallest absolute Gasteiger partial charge is 0.234 e. The zero-order valence-corrected chi connectivity index (χ0v) is 17.6. The van der Waals surface area contributed by atoms with Crippen LogP contribution in [0.1, 0.15) is 42.5 Å². The Morgan fingerprint density at radius 1 is 1.14 bits per heavy atom. The Morgan fingerprint density at radius 3 is 2.62 bits per heavy atom. The number of fused-ring (bicyclic) bond motifs is 1. The van der Waals surface area contributed by atoms with Gasteiger partial charge in [-0.25, -0.2) is 4.98 Å². The molecule has 29 heavy (non-hydrogen) atoms. The topological polar surface area (TPSA) is 84.2 Å². The van der Waals surface area contributed by atoms with Gasteiger partial charge in [0.15, 0.2) is 11.5 Å². The van der Waals surface area contributed by atoms with Gasteiger partial charge in [0.2, 0.25) is 5.91 Å². The van der Waals surface area contributed by atoms with E-state index in [2.05, 4.69) is 11.4 Å². The molecule has 0 saturated carbocycles. The summed E-state index contributed by atoms with van der Waals surface area (Å²) < 4.78 is 10.5. The van der Waals surface area contributed by atoms with Crippen molar-refractivity contribution < 1.29 is 14.3 Å². The average molecular weight is 412 g/mol. The fourth-order valence-electron chi connectivity index (χ4n) is 3.40. The van der Waals surface area contributed by atoms with Crippen LogP contribution in [0.3, 0.4) is 0 Å². The minimum Gasteiger partial charge on any atom is -0.493 e. The Balaban J connectivity index is 1.68. The van der Waals surface area contributed by atoms with E-state index in [0.717, 1.165) is 31.4 Å². The lowest BCUT2D eigenvalue weighted by Crippen LogP contribution is -2.14. The predicted octanol–water partition coefficient (Wildman–Crippen LogP) is 4.36. The fraction of sp³-hybridized carbons (Fsp3) is 0.409. The average Bonchev–Trinajstić information content (AvgIpc) is 2.72. The molecule has 0 fully saturated rings. The zero-order chi connectivity index (χ0) is 20.6. The van der Waals surface area contributed by atoms with Crippen LogP contribution in [0.25, 0.3) is 0 Å². The number of carbonyl (C=O) groups is 1. The summed E-state index contributed by atoms with van der Waals surface area (Å²) in [6, 6.07) is 9.41. The van der Waals surface area contributed by atoms with Crippen molar-refractivity contribution in [3.05, 3.63) is 41.1 Å². The zero-order valence-electron chi connectivity index (χ0n) is 16.8. The lowest BCUT2D eigenvalue weighted by Gasteiger charge is -2.15. The summed E-state index contributed by atoms with van der Waals surface area (Å²) in [5.41, 5.74) is 3.43. The molecule has 1 heterocycles. The summed E-state index contributed by atoms with van der Waals surface area (Å²) in [5.74, 6) is 1.16. The molecule has 2 aromatic rings. The highest BCUT2D eigenvalue weighted by atomic mass is 32.2. The van der Waals surface area contributed by atoms with Gasteiger partial charge < -0.3 is 14.8 Å². The number of anilines is 1. The Kier molecular flexibility index (Phi) is 7.36. The fourth-order valence-corrected chi connectivity index (χ4v) is 4.18. The number of rotatable bonds is 6. The summed E-state index contributed by atoms with van der Waals surface area (Å²) in [6.45, 7) is 0. The molecule has 1 N–H and O–H groups in total. The molecular weight excluding hydrogens is 386 g/mol. The van der Waals surface area contributed by atoms with Gasteiger partial charge in [-0.05, 0) is 49.4 Å². The van der Waals surface area contributed by atoms with Gasteiger partial charge in [-0.3, -0.25) is 4.79 Å². The van der Waals surface area contributed by atoms with E-state index in [1.807, 2.05) is 6.07 Å². The Hall–Kier alpha value is -2.72. The highest BCUT2D eigenvalue weighted by molar-refractivity contribution is 8.00. The van der Waals surface area contributed by atoms with Crippen LogP contribution in [-0.4, -0.2) is 30.9 Å². The number of ether oxygens (including phenoxy) is 2. The molecule has 1 amide bonds. The normalized spacial score (nSPS) is 13.4. The number of hydrogen-bond acceptors (Lipinski definition) is 6. The third kappa shape index (κ3) is 5.42. The van der Waals surface area contributed by atoms with E-state index in [1.54, 1.807) is 32.4 Å². The van der Waals surface area contributed by atoms with E-state index in [9.17, 15) is 10.1 Å². The number of nitrogens with zero attached hydrogens (tertiary/aromatic N) is 2. The van der Waals surface area contributed by atoms with Crippen LogP contribution in [0.4, 0.5) is 5.69 Å². The van der Waals surface area contributed by atoms with E-state index in [1.165, 1.54) is 30.2 Å². The number of methoxy groups -OCH3 is 2. The number of hydrogen-bond donors (Lipinski definition) is 1. The third-order valence-corrected chi connectivity index (χ3v) is 5.88. The molecule has 0 atom stereocenters. The van der Waals surface area contributed by atoms with Crippen molar-refractivity contribution in [2.24, 2.45) is 0 Å². The first-order valence-electron chi connectivity index (χ1n) is 9.72. The van der Waals surface area contributed by atoms with Crippen LogP contribution in [0.2, 0.25) is 0 Å². The van der Waals surface area contributed by atoms with Gasteiger partial charge in [0.25, 0.3) is 0 Å².